The van der Waals surface area contributed by atoms with Gasteiger partial charge < -0.3 is 0 Å². The fourth-order valence-electron chi connectivity index (χ4n) is 2.57. The van der Waals surface area contributed by atoms with Gasteiger partial charge in [-0.2, -0.15) is 10.2 Å². The van der Waals surface area contributed by atoms with Gasteiger partial charge in [0.05, 0.1) is 11.4 Å². The van der Waals surface area contributed by atoms with Crippen LogP contribution in [0.25, 0.3) is 22.4 Å². The van der Waals surface area contributed by atoms with E-state index in [1.165, 1.54) is 5.56 Å². The van der Waals surface area contributed by atoms with Gasteiger partial charge in [0, 0.05) is 24.7 Å². The third-order valence-electron chi connectivity index (χ3n) is 3.50. The van der Waals surface area contributed by atoms with E-state index in [4.69, 9.17) is 4.98 Å². The minimum absolute atomic E-state index is 0.289. The summed E-state index contributed by atoms with van der Waals surface area (Å²) in [7, 11) is 1.91. The molecule has 20 heavy (non-hydrogen) atoms. The summed E-state index contributed by atoms with van der Waals surface area (Å²) in [6.45, 7) is 8.39. The van der Waals surface area contributed by atoms with Crippen molar-refractivity contribution >= 4 is 11.0 Å². The molecule has 5 heteroatoms. The summed E-state index contributed by atoms with van der Waals surface area (Å²) in [6, 6.07) is 4.36. The molecule has 0 spiro atoms. The minimum Gasteiger partial charge on any atom is -0.275 e. The van der Waals surface area contributed by atoms with Crippen LogP contribution in [0.3, 0.4) is 0 Å². The highest BCUT2D eigenvalue weighted by molar-refractivity contribution is 5.84. The molecule has 3 aromatic heterocycles. The molecule has 0 unspecified atom stereocenters. The number of aromatic nitrogens is 5. The van der Waals surface area contributed by atoms with Crippen molar-refractivity contribution in [3.05, 3.63) is 29.6 Å². The Kier molecular flexibility index (Phi) is 2.85. The molecule has 0 radical (unpaired) electrons. The molecule has 0 saturated carbocycles. The van der Waals surface area contributed by atoms with Crippen LogP contribution in [0.4, 0.5) is 0 Å². The fraction of sp³-hybridized carbons (Fsp3) is 0.400. The second-order valence-corrected chi connectivity index (χ2v) is 5.52. The highest BCUT2D eigenvalue weighted by Crippen LogP contribution is 2.27. The quantitative estimate of drug-likeness (QED) is 0.718. The molecular weight excluding hydrogens is 250 g/mol. The van der Waals surface area contributed by atoms with Crippen molar-refractivity contribution in [1.82, 2.24) is 24.5 Å². The number of pyridine rings is 1. The maximum atomic E-state index is 4.79. The molecule has 0 amide bonds. The van der Waals surface area contributed by atoms with E-state index in [0.29, 0.717) is 0 Å². The van der Waals surface area contributed by atoms with Gasteiger partial charge in [0.25, 0.3) is 0 Å². The van der Waals surface area contributed by atoms with Gasteiger partial charge in [0.2, 0.25) is 0 Å². The topological polar surface area (TPSA) is 48.5 Å². The second-order valence-electron chi connectivity index (χ2n) is 5.52. The molecule has 0 bridgehead atoms. The van der Waals surface area contributed by atoms with Crippen LogP contribution in [0.15, 0.2) is 18.3 Å². The predicted octanol–water partition coefficient (Wildman–Crippen LogP) is 3.03. The number of rotatable bonds is 2. The van der Waals surface area contributed by atoms with Crippen molar-refractivity contribution in [2.24, 2.45) is 7.05 Å². The van der Waals surface area contributed by atoms with Crippen molar-refractivity contribution in [2.45, 2.75) is 33.7 Å². The highest BCUT2D eigenvalue weighted by Gasteiger charge is 2.15. The van der Waals surface area contributed by atoms with Crippen LogP contribution in [0.1, 0.15) is 31.1 Å². The highest BCUT2D eigenvalue weighted by atomic mass is 15.3. The van der Waals surface area contributed by atoms with Gasteiger partial charge >= 0.3 is 0 Å². The average Bonchev–Trinajstić information content (AvgIpc) is 2.94. The number of hydrogen-bond acceptors (Lipinski definition) is 3. The first-order valence-electron chi connectivity index (χ1n) is 6.84. The maximum Gasteiger partial charge on any atom is 0.159 e. The molecule has 0 saturated heterocycles. The van der Waals surface area contributed by atoms with E-state index in [0.717, 1.165) is 28.1 Å². The normalized spacial score (nSPS) is 11.7. The van der Waals surface area contributed by atoms with Crippen LogP contribution in [0, 0.1) is 13.8 Å². The minimum atomic E-state index is 0.289. The van der Waals surface area contributed by atoms with Crippen molar-refractivity contribution in [1.29, 1.82) is 0 Å². The van der Waals surface area contributed by atoms with Crippen LogP contribution in [0.5, 0.6) is 0 Å². The molecule has 3 rings (SSSR count). The van der Waals surface area contributed by atoms with E-state index in [1.807, 2.05) is 30.9 Å². The van der Waals surface area contributed by atoms with Crippen LogP contribution >= 0.6 is 0 Å². The first-order valence-corrected chi connectivity index (χ1v) is 6.84. The first kappa shape index (κ1) is 12.8. The molecule has 3 heterocycles. The summed E-state index contributed by atoms with van der Waals surface area (Å²) in [6.07, 6.45) is 1.93. The third kappa shape index (κ3) is 1.90. The lowest BCUT2D eigenvalue weighted by Gasteiger charge is -2.07. The van der Waals surface area contributed by atoms with E-state index >= 15 is 0 Å². The smallest absolute Gasteiger partial charge is 0.159 e. The zero-order chi connectivity index (χ0) is 14.4. The number of hydrogen-bond donors (Lipinski definition) is 0. The van der Waals surface area contributed by atoms with Crippen LogP contribution in [0.2, 0.25) is 0 Å². The summed E-state index contributed by atoms with van der Waals surface area (Å²) in [5, 5.41) is 10.2. The summed E-state index contributed by atoms with van der Waals surface area (Å²) >= 11 is 0. The Morgan fingerprint density at radius 3 is 2.45 bits per heavy atom. The van der Waals surface area contributed by atoms with Gasteiger partial charge in [-0.3, -0.25) is 4.68 Å². The van der Waals surface area contributed by atoms with E-state index < -0.39 is 0 Å². The van der Waals surface area contributed by atoms with Crippen molar-refractivity contribution in [2.75, 3.05) is 0 Å². The average molecular weight is 269 g/mol. The van der Waals surface area contributed by atoms with Crippen molar-refractivity contribution in [3.8, 4) is 11.4 Å². The standard InChI is InChI=1S/C15H19N5/c1-9(2)20-15-14(11(4)17-20)10(3)8-13(16-15)12-6-7-19(5)18-12/h6-9H,1-5H3. The molecule has 0 aliphatic carbocycles. The van der Waals surface area contributed by atoms with E-state index in [2.05, 4.69) is 37.0 Å². The molecular formula is C15H19N5. The third-order valence-corrected chi connectivity index (χ3v) is 3.50. The zero-order valence-corrected chi connectivity index (χ0v) is 12.5. The second kappa shape index (κ2) is 4.44. The Bertz CT molecular complexity index is 779. The van der Waals surface area contributed by atoms with Gasteiger partial charge in [-0.1, -0.05) is 0 Å². The van der Waals surface area contributed by atoms with E-state index in [-0.39, 0.29) is 6.04 Å². The van der Waals surface area contributed by atoms with Gasteiger partial charge in [0.1, 0.15) is 5.69 Å². The van der Waals surface area contributed by atoms with E-state index in [9.17, 15) is 0 Å². The molecule has 0 fully saturated rings. The monoisotopic (exact) mass is 269 g/mol. The predicted molar refractivity (Wildman–Crippen MR) is 79.6 cm³/mol. The Balaban J connectivity index is 2.29. The fourth-order valence-corrected chi connectivity index (χ4v) is 2.57. The van der Waals surface area contributed by atoms with Crippen molar-refractivity contribution < 1.29 is 0 Å². The van der Waals surface area contributed by atoms with Crippen LogP contribution in [-0.4, -0.2) is 24.5 Å². The Morgan fingerprint density at radius 1 is 1.10 bits per heavy atom. The lowest BCUT2D eigenvalue weighted by molar-refractivity contribution is 0.543. The summed E-state index contributed by atoms with van der Waals surface area (Å²) in [4.78, 5) is 4.79. The lowest BCUT2D eigenvalue weighted by Crippen LogP contribution is -2.04. The van der Waals surface area contributed by atoms with Gasteiger partial charge in [-0.15, -0.1) is 0 Å². The van der Waals surface area contributed by atoms with E-state index in [1.54, 1.807) is 4.68 Å². The molecule has 0 aromatic carbocycles. The Labute approximate surface area is 118 Å². The zero-order valence-electron chi connectivity index (χ0n) is 12.5. The number of nitrogens with zero attached hydrogens (tertiary/aromatic N) is 5. The first-order chi connectivity index (χ1) is 9.47. The lowest BCUT2D eigenvalue weighted by atomic mass is 10.1. The van der Waals surface area contributed by atoms with Crippen LogP contribution in [-0.2, 0) is 7.05 Å². The molecule has 0 aliphatic heterocycles. The summed E-state index contributed by atoms with van der Waals surface area (Å²) in [5.74, 6) is 0. The molecule has 0 N–H and O–H groups in total. The molecule has 3 aromatic rings. The SMILES string of the molecule is Cc1cc(-c2ccn(C)n2)nc2c1c(C)nn2C(C)C. The number of fused-ring (bicyclic) bond motifs is 1. The summed E-state index contributed by atoms with van der Waals surface area (Å²) in [5.41, 5.74) is 4.97. The van der Waals surface area contributed by atoms with Gasteiger partial charge in [-0.05, 0) is 45.4 Å². The Hall–Kier alpha value is -2.17. The molecule has 0 atom stereocenters. The maximum absolute atomic E-state index is 4.79. The van der Waals surface area contributed by atoms with Crippen LogP contribution < -0.4 is 0 Å². The molecule has 104 valence electrons. The Morgan fingerprint density at radius 2 is 1.85 bits per heavy atom. The molecule has 5 nitrogen and oxygen atoms in total. The van der Waals surface area contributed by atoms with Gasteiger partial charge in [0.15, 0.2) is 5.65 Å². The largest absolute Gasteiger partial charge is 0.275 e. The molecule has 0 aliphatic rings. The van der Waals surface area contributed by atoms with Gasteiger partial charge in [-0.25, -0.2) is 9.67 Å². The number of aryl methyl sites for hydroxylation is 3. The summed E-state index contributed by atoms with van der Waals surface area (Å²) < 4.78 is 3.78. The van der Waals surface area contributed by atoms with Crippen molar-refractivity contribution in [3.63, 3.8) is 0 Å².